The zero-order chi connectivity index (χ0) is 11.8. The molecule has 0 spiro atoms. The average Bonchev–Trinajstić information content (AvgIpc) is 2.23. The van der Waals surface area contributed by atoms with Gasteiger partial charge in [0.25, 0.3) is 0 Å². The van der Waals surface area contributed by atoms with Gasteiger partial charge in [-0.3, -0.25) is 4.68 Å². The summed E-state index contributed by atoms with van der Waals surface area (Å²) in [6, 6.07) is 0. The monoisotopic (exact) mass is 221 g/mol. The minimum atomic E-state index is -4.42. The summed E-state index contributed by atoms with van der Waals surface area (Å²) in [6.45, 7) is 1.29. The summed E-state index contributed by atoms with van der Waals surface area (Å²) in [5.41, 5.74) is -0.305. The Morgan fingerprint density at radius 2 is 2.00 bits per heavy atom. The maximum absolute atomic E-state index is 12.0. The van der Waals surface area contributed by atoms with E-state index < -0.39 is 18.7 Å². The quantitative estimate of drug-likeness (QED) is 0.727. The average molecular weight is 221 g/mol. The Kier molecular flexibility index (Phi) is 2.74. The molecule has 0 fully saturated rings. The summed E-state index contributed by atoms with van der Waals surface area (Å²) in [5, 5.41) is 14.1. The van der Waals surface area contributed by atoms with Crippen LogP contribution in [0.1, 0.15) is 21.7 Å². The zero-order valence-corrected chi connectivity index (χ0v) is 8.05. The van der Waals surface area contributed by atoms with Crippen molar-refractivity contribution < 1.29 is 23.1 Å². The number of hydrogen-bond donors (Lipinski definition) is 0. The van der Waals surface area contributed by atoms with Crippen LogP contribution >= 0.6 is 0 Å². The molecule has 0 unspecified atom stereocenters. The SMILES string of the molecule is Cc1nn(CC(F)(F)F)c(C)c1C(=O)[O-]. The number of rotatable bonds is 2. The van der Waals surface area contributed by atoms with Gasteiger partial charge in [-0.1, -0.05) is 0 Å². The van der Waals surface area contributed by atoms with Gasteiger partial charge in [0.1, 0.15) is 6.54 Å². The lowest BCUT2D eigenvalue weighted by atomic mass is 10.2. The van der Waals surface area contributed by atoms with Gasteiger partial charge in [0.15, 0.2) is 0 Å². The Labute approximate surface area is 83.3 Å². The third kappa shape index (κ3) is 2.48. The molecular formula is C8H8F3N2O2-. The van der Waals surface area contributed by atoms with E-state index in [9.17, 15) is 23.1 Å². The minimum Gasteiger partial charge on any atom is -0.545 e. The molecule has 15 heavy (non-hydrogen) atoms. The molecule has 0 bridgehead atoms. The second kappa shape index (κ2) is 3.56. The lowest BCUT2D eigenvalue weighted by Gasteiger charge is -2.08. The van der Waals surface area contributed by atoms with Crippen molar-refractivity contribution >= 4 is 5.97 Å². The number of alkyl halides is 3. The van der Waals surface area contributed by atoms with Crippen molar-refractivity contribution in [2.24, 2.45) is 0 Å². The van der Waals surface area contributed by atoms with Crippen molar-refractivity contribution in [2.45, 2.75) is 26.6 Å². The molecule has 0 atom stereocenters. The number of nitrogens with zero attached hydrogens (tertiary/aromatic N) is 2. The molecule has 0 saturated heterocycles. The van der Waals surface area contributed by atoms with Crippen molar-refractivity contribution in [1.29, 1.82) is 0 Å². The van der Waals surface area contributed by atoms with E-state index in [0.717, 1.165) is 0 Å². The summed E-state index contributed by atoms with van der Waals surface area (Å²) in [5.74, 6) is -1.52. The highest BCUT2D eigenvalue weighted by molar-refractivity contribution is 5.88. The van der Waals surface area contributed by atoms with Crippen LogP contribution in [0.15, 0.2) is 0 Å². The van der Waals surface area contributed by atoms with E-state index in [1.165, 1.54) is 13.8 Å². The van der Waals surface area contributed by atoms with Crippen LogP contribution in [-0.4, -0.2) is 21.9 Å². The molecule has 0 aliphatic heterocycles. The lowest BCUT2D eigenvalue weighted by Crippen LogP contribution is -2.24. The largest absolute Gasteiger partial charge is 0.545 e. The van der Waals surface area contributed by atoms with Gasteiger partial charge >= 0.3 is 6.18 Å². The summed E-state index contributed by atoms with van der Waals surface area (Å²) >= 11 is 0. The van der Waals surface area contributed by atoms with Crippen LogP contribution in [0.4, 0.5) is 13.2 Å². The molecule has 0 N–H and O–H groups in total. The second-order valence-electron chi connectivity index (χ2n) is 3.11. The molecule has 1 aromatic heterocycles. The van der Waals surface area contributed by atoms with Crippen LogP contribution in [0.3, 0.4) is 0 Å². The Bertz CT molecular complexity index is 395. The highest BCUT2D eigenvalue weighted by Gasteiger charge is 2.30. The molecular weight excluding hydrogens is 213 g/mol. The van der Waals surface area contributed by atoms with Crippen LogP contribution in [0.5, 0.6) is 0 Å². The van der Waals surface area contributed by atoms with E-state index in [0.29, 0.717) is 4.68 Å². The Morgan fingerprint density at radius 1 is 1.47 bits per heavy atom. The second-order valence-corrected chi connectivity index (χ2v) is 3.11. The third-order valence-electron chi connectivity index (χ3n) is 1.91. The van der Waals surface area contributed by atoms with Crippen molar-refractivity contribution in [2.75, 3.05) is 0 Å². The van der Waals surface area contributed by atoms with Crippen molar-refractivity contribution in [3.63, 3.8) is 0 Å². The Morgan fingerprint density at radius 3 is 2.33 bits per heavy atom. The van der Waals surface area contributed by atoms with Crippen LogP contribution in [0.2, 0.25) is 0 Å². The van der Waals surface area contributed by atoms with E-state index in [4.69, 9.17) is 0 Å². The molecule has 7 heteroatoms. The number of carbonyl (C=O) groups is 1. The summed E-state index contributed by atoms with van der Waals surface area (Å²) in [4.78, 5) is 10.6. The molecule has 0 saturated carbocycles. The number of carbonyl (C=O) groups excluding carboxylic acids is 1. The molecule has 0 aromatic carbocycles. The first-order chi connectivity index (χ1) is 6.72. The van der Waals surface area contributed by atoms with Crippen LogP contribution in [0.25, 0.3) is 0 Å². The number of halogens is 3. The van der Waals surface area contributed by atoms with Gasteiger partial charge in [-0.05, 0) is 13.8 Å². The fraction of sp³-hybridized carbons (Fsp3) is 0.500. The molecule has 1 heterocycles. The molecule has 0 aliphatic rings. The van der Waals surface area contributed by atoms with Crippen LogP contribution < -0.4 is 5.11 Å². The number of aromatic carboxylic acids is 1. The molecule has 1 rings (SSSR count). The van der Waals surface area contributed by atoms with Crippen molar-refractivity contribution in [3.05, 3.63) is 17.0 Å². The highest BCUT2D eigenvalue weighted by atomic mass is 19.4. The van der Waals surface area contributed by atoms with Crippen LogP contribution in [0, 0.1) is 13.8 Å². The molecule has 4 nitrogen and oxygen atoms in total. The summed E-state index contributed by atoms with van der Waals surface area (Å²) in [7, 11) is 0. The predicted molar refractivity (Wildman–Crippen MR) is 42.1 cm³/mol. The summed E-state index contributed by atoms with van der Waals surface area (Å²) in [6.07, 6.45) is -4.42. The molecule has 1 aromatic rings. The van der Waals surface area contributed by atoms with Gasteiger partial charge < -0.3 is 9.90 Å². The Balaban J connectivity index is 3.13. The summed E-state index contributed by atoms with van der Waals surface area (Å²) < 4.78 is 36.7. The van der Waals surface area contributed by atoms with Gasteiger partial charge in [0, 0.05) is 11.3 Å². The maximum atomic E-state index is 12.0. The molecule has 0 aliphatic carbocycles. The van der Waals surface area contributed by atoms with Crippen LogP contribution in [-0.2, 0) is 6.54 Å². The first kappa shape index (κ1) is 11.5. The molecule has 84 valence electrons. The number of carboxylic acid groups (broad SMARTS) is 1. The standard InChI is InChI=1S/C8H9F3N2O2/c1-4-6(7(14)15)5(2)13(12-4)3-8(9,10)11/h3H2,1-2H3,(H,14,15)/p-1. The number of carboxylic acids is 1. The van der Waals surface area contributed by atoms with E-state index >= 15 is 0 Å². The van der Waals surface area contributed by atoms with E-state index in [2.05, 4.69) is 5.10 Å². The fourth-order valence-corrected chi connectivity index (χ4v) is 1.32. The number of aromatic nitrogens is 2. The van der Waals surface area contributed by atoms with E-state index in [1.807, 2.05) is 0 Å². The van der Waals surface area contributed by atoms with Gasteiger partial charge in [0.2, 0.25) is 0 Å². The van der Waals surface area contributed by atoms with Gasteiger partial charge in [0.05, 0.1) is 11.7 Å². The minimum absolute atomic E-state index is 0.0248. The van der Waals surface area contributed by atoms with Crippen molar-refractivity contribution in [3.8, 4) is 0 Å². The molecule has 0 amide bonds. The van der Waals surface area contributed by atoms with Crippen molar-refractivity contribution in [1.82, 2.24) is 9.78 Å². The lowest BCUT2D eigenvalue weighted by molar-refractivity contribution is -0.255. The van der Waals surface area contributed by atoms with Gasteiger partial charge in [-0.15, -0.1) is 0 Å². The van der Waals surface area contributed by atoms with E-state index in [1.54, 1.807) is 0 Å². The van der Waals surface area contributed by atoms with E-state index in [-0.39, 0.29) is 17.0 Å². The predicted octanol–water partition coefficient (Wildman–Crippen LogP) is 0.426. The topological polar surface area (TPSA) is 58.0 Å². The highest BCUT2D eigenvalue weighted by Crippen LogP contribution is 2.20. The fourth-order valence-electron chi connectivity index (χ4n) is 1.32. The molecule has 0 radical (unpaired) electrons. The smallest absolute Gasteiger partial charge is 0.408 e. The first-order valence-electron chi connectivity index (χ1n) is 4.04. The third-order valence-corrected chi connectivity index (χ3v) is 1.91. The van der Waals surface area contributed by atoms with Gasteiger partial charge in [-0.25, -0.2) is 0 Å². The number of hydrogen-bond acceptors (Lipinski definition) is 3. The number of aryl methyl sites for hydroxylation is 1. The first-order valence-corrected chi connectivity index (χ1v) is 4.04. The van der Waals surface area contributed by atoms with Gasteiger partial charge in [-0.2, -0.15) is 18.3 Å². The Hall–Kier alpha value is -1.53. The zero-order valence-electron chi connectivity index (χ0n) is 8.05. The normalized spacial score (nSPS) is 11.8. The maximum Gasteiger partial charge on any atom is 0.408 e.